The maximum Gasteiger partial charge on any atom is 0.416 e. The summed E-state index contributed by atoms with van der Waals surface area (Å²) in [6, 6.07) is 2.29. The lowest BCUT2D eigenvalue weighted by molar-refractivity contribution is -0.142. The highest BCUT2D eigenvalue weighted by Crippen LogP contribution is 2.34. The minimum absolute atomic E-state index is 0.00796. The number of anilines is 1. The molecular weight excluding hydrogens is 278 g/mol. The van der Waals surface area contributed by atoms with Crippen LogP contribution in [0.4, 0.5) is 23.2 Å². The molecule has 1 heterocycles. The summed E-state index contributed by atoms with van der Waals surface area (Å²) in [4.78, 5) is 12.5. The van der Waals surface area contributed by atoms with Gasteiger partial charge in [0, 0.05) is 13.1 Å². The van der Waals surface area contributed by atoms with Gasteiger partial charge in [-0.2, -0.15) is 13.2 Å². The van der Waals surface area contributed by atoms with Crippen LogP contribution in [0.15, 0.2) is 18.2 Å². The molecule has 0 amide bonds. The number of benzene rings is 1. The highest BCUT2D eigenvalue weighted by atomic mass is 19.4. The van der Waals surface area contributed by atoms with Crippen LogP contribution in [0.2, 0.25) is 0 Å². The van der Waals surface area contributed by atoms with Gasteiger partial charge in [0.25, 0.3) is 0 Å². The fraction of sp³-hybridized carbons (Fsp3) is 0.462. The summed E-state index contributed by atoms with van der Waals surface area (Å²) < 4.78 is 51.1. The molecule has 0 spiro atoms. The van der Waals surface area contributed by atoms with Gasteiger partial charge in [0.1, 0.15) is 5.82 Å². The Hall–Kier alpha value is -1.79. The average molecular weight is 291 g/mol. The summed E-state index contributed by atoms with van der Waals surface area (Å²) in [5, 5.41) is 9.00. The van der Waals surface area contributed by atoms with Crippen molar-refractivity contribution >= 4 is 11.7 Å². The maximum absolute atomic E-state index is 13.8. The van der Waals surface area contributed by atoms with Gasteiger partial charge in [0.2, 0.25) is 0 Å². The van der Waals surface area contributed by atoms with Gasteiger partial charge in [-0.05, 0) is 24.1 Å². The molecule has 7 heteroatoms. The van der Waals surface area contributed by atoms with Crippen molar-refractivity contribution in [2.45, 2.75) is 13.1 Å². The Morgan fingerprint density at radius 2 is 2.00 bits per heavy atom. The van der Waals surface area contributed by atoms with E-state index in [2.05, 4.69) is 0 Å². The number of hydrogen-bond donors (Lipinski definition) is 1. The van der Waals surface area contributed by atoms with Gasteiger partial charge in [0.15, 0.2) is 0 Å². The minimum Gasteiger partial charge on any atom is -0.481 e. The van der Waals surface area contributed by atoms with Crippen LogP contribution in [0.1, 0.15) is 12.5 Å². The second-order valence-electron chi connectivity index (χ2n) is 4.99. The van der Waals surface area contributed by atoms with E-state index < -0.39 is 29.4 Å². The number of carbonyl (C=O) groups is 1. The van der Waals surface area contributed by atoms with Crippen molar-refractivity contribution in [2.75, 3.05) is 18.0 Å². The number of rotatable bonds is 2. The van der Waals surface area contributed by atoms with Gasteiger partial charge in [-0.25, -0.2) is 4.39 Å². The zero-order valence-corrected chi connectivity index (χ0v) is 10.6. The number of carboxylic acids is 1. The monoisotopic (exact) mass is 291 g/mol. The first-order valence-electron chi connectivity index (χ1n) is 6.04. The molecule has 1 aromatic rings. The molecule has 0 radical (unpaired) electrons. The Labute approximate surface area is 112 Å². The van der Waals surface area contributed by atoms with Crippen molar-refractivity contribution in [2.24, 2.45) is 11.8 Å². The van der Waals surface area contributed by atoms with Crippen LogP contribution < -0.4 is 4.90 Å². The molecule has 0 bridgehead atoms. The van der Waals surface area contributed by atoms with E-state index in [1.165, 1.54) is 4.90 Å². The predicted molar refractivity (Wildman–Crippen MR) is 63.9 cm³/mol. The molecule has 0 aliphatic carbocycles. The lowest BCUT2D eigenvalue weighted by atomic mass is 9.99. The summed E-state index contributed by atoms with van der Waals surface area (Å²) >= 11 is 0. The van der Waals surface area contributed by atoms with Gasteiger partial charge in [0.05, 0.1) is 17.2 Å². The number of alkyl halides is 3. The predicted octanol–water partition coefficient (Wildman–Crippen LogP) is 3.00. The van der Waals surface area contributed by atoms with Crippen LogP contribution in [0.25, 0.3) is 0 Å². The highest BCUT2D eigenvalue weighted by molar-refractivity contribution is 5.72. The summed E-state index contributed by atoms with van der Waals surface area (Å²) in [6.45, 7) is 2.12. The van der Waals surface area contributed by atoms with Crippen LogP contribution in [-0.2, 0) is 11.0 Å². The molecule has 20 heavy (non-hydrogen) atoms. The number of hydrogen-bond acceptors (Lipinski definition) is 2. The minimum atomic E-state index is -4.60. The number of nitrogens with zero attached hydrogens (tertiary/aromatic N) is 1. The zero-order chi connectivity index (χ0) is 15.1. The lowest BCUT2D eigenvalue weighted by Crippen LogP contribution is -2.24. The Kier molecular flexibility index (Phi) is 3.62. The molecule has 2 atom stereocenters. The fourth-order valence-corrected chi connectivity index (χ4v) is 2.42. The van der Waals surface area contributed by atoms with Gasteiger partial charge >= 0.3 is 12.1 Å². The third-order valence-electron chi connectivity index (χ3n) is 3.55. The van der Waals surface area contributed by atoms with Crippen LogP contribution >= 0.6 is 0 Å². The standard InChI is InChI=1S/C13H13F4NO2/c1-7-5-18(6-9(7)12(19)20)11-3-2-8(4-10(11)14)13(15,16)17/h2-4,7,9H,5-6H2,1H3,(H,19,20). The Balaban J connectivity index is 2.25. The molecule has 110 valence electrons. The van der Waals surface area contributed by atoms with E-state index in [0.29, 0.717) is 12.6 Å². The van der Waals surface area contributed by atoms with E-state index >= 15 is 0 Å². The first kappa shape index (κ1) is 14.6. The molecule has 0 aromatic heterocycles. The molecule has 2 unspecified atom stereocenters. The molecule has 2 rings (SSSR count). The van der Waals surface area contributed by atoms with E-state index in [0.717, 1.165) is 12.1 Å². The van der Waals surface area contributed by atoms with E-state index in [1.807, 2.05) is 0 Å². The second kappa shape index (κ2) is 4.96. The number of aliphatic carboxylic acids is 1. The number of halogens is 4. The summed E-state index contributed by atoms with van der Waals surface area (Å²) in [5.41, 5.74) is -1.05. The molecular formula is C13H13F4NO2. The van der Waals surface area contributed by atoms with Crippen molar-refractivity contribution in [3.8, 4) is 0 Å². The Morgan fingerprint density at radius 3 is 2.45 bits per heavy atom. The van der Waals surface area contributed by atoms with Crippen molar-refractivity contribution in [1.82, 2.24) is 0 Å². The van der Waals surface area contributed by atoms with Crippen molar-refractivity contribution in [3.63, 3.8) is 0 Å². The van der Waals surface area contributed by atoms with Crippen molar-refractivity contribution < 1.29 is 27.5 Å². The SMILES string of the molecule is CC1CN(c2ccc(C(F)(F)F)cc2F)CC1C(=O)O. The van der Waals surface area contributed by atoms with E-state index in [4.69, 9.17) is 5.11 Å². The molecule has 3 nitrogen and oxygen atoms in total. The quantitative estimate of drug-likeness (QED) is 0.852. The van der Waals surface area contributed by atoms with Crippen molar-refractivity contribution in [3.05, 3.63) is 29.6 Å². The second-order valence-corrected chi connectivity index (χ2v) is 4.99. The number of carboxylic acid groups (broad SMARTS) is 1. The van der Waals surface area contributed by atoms with Crippen LogP contribution in [0, 0.1) is 17.7 Å². The first-order chi connectivity index (χ1) is 9.20. The zero-order valence-electron chi connectivity index (χ0n) is 10.6. The largest absolute Gasteiger partial charge is 0.481 e. The van der Waals surface area contributed by atoms with Crippen LogP contribution in [-0.4, -0.2) is 24.2 Å². The topological polar surface area (TPSA) is 40.5 Å². The third-order valence-corrected chi connectivity index (χ3v) is 3.55. The van der Waals surface area contributed by atoms with Gasteiger partial charge in [-0.15, -0.1) is 0 Å². The van der Waals surface area contributed by atoms with E-state index in [-0.39, 0.29) is 18.2 Å². The molecule has 1 aliphatic rings. The molecule has 0 saturated carbocycles. The fourth-order valence-electron chi connectivity index (χ4n) is 2.42. The summed E-state index contributed by atoms with van der Waals surface area (Å²) in [6.07, 6.45) is -4.60. The highest BCUT2D eigenvalue weighted by Gasteiger charge is 2.37. The lowest BCUT2D eigenvalue weighted by Gasteiger charge is -2.20. The van der Waals surface area contributed by atoms with E-state index in [9.17, 15) is 22.4 Å². The Morgan fingerprint density at radius 1 is 1.35 bits per heavy atom. The molecule has 1 N–H and O–H groups in total. The van der Waals surface area contributed by atoms with Crippen molar-refractivity contribution in [1.29, 1.82) is 0 Å². The summed E-state index contributed by atoms with van der Waals surface area (Å²) in [7, 11) is 0. The maximum atomic E-state index is 13.8. The van der Waals surface area contributed by atoms with Crippen LogP contribution in [0.5, 0.6) is 0 Å². The molecule has 1 aromatic carbocycles. The first-order valence-corrected chi connectivity index (χ1v) is 6.04. The molecule has 1 saturated heterocycles. The smallest absolute Gasteiger partial charge is 0.416 e. The third kappa shape index (κ3) is 2.71. The van der Waals surface area contributed by atoms with Gasteiger partial charge < -0.3 is 10.0 Å². The molecule has 1 aliphatic heterocycles. The van der Waals surface area contributed by atoms with E-state index in [1.54, 1.807) is 6.92 Å². The van der Waals surface area contributed by atoms with Gasteiger partial charge in [-0.3, -0.25) is 4.79 Å². The summed E-state index contributed by atoms with van der Waals surface area (Å²) in [5.74, 6) is -2.80. The van der Waals surface area contributed by atoms with Gasteiger partial charge in [-0.1, -0.05) is 6.92 Å². The molecule has 1 fully saturated rings. The average Bonchev–Trinajstić information content (AvgIpc) is 2.69. The van der Waals surface area contributed by atoms with Crippen LogP contribution in [0.3, 0.4) is 0 Å². The Bertz CT molecular complexity index is 530. The normalized spacial score (nSPS) is 23.1.